The molecule has 3 aromatic heterocycles. The summed E-state index contributed by atoms with van der Waals surface area (Å²) in [5, 5.41) is 3.07. The summed E-state index contributed by atoms with van der Waals surface area (Å²) in [7, 11) is 0. The molecule has 0 aliphatic carbocycles. The van der Waals surface area contributed by atoms with E-state index in [4.69, 9.17) is 0 Å². The number of aromatic nitrogens is 3. The lowest BCUT2D eigenvalue weighted by Crippen LogP contribution is -2.24. The molecule has 6 nitrogen and oxygen atoms in total. The van der Waals surface area contributed by atoms with Gasteiger partial charge in [-0.1, -0.05) is 0 Å². The maximum absolute atomic E-state index is 13.8. The standard InChI is InChI=1S/C19H18F2N4O2/c20-19(21,6-7-22-13-27)5-3-14-9-16-4-8-25(18(16)24-10-14)17-2-1-15(12-26)11-23-17/h1-2,4,8-13H,3,5-7H2,(H,22,27). The van der Waals surface area contributed by atoms with Gasteiger partial charge < -0.3 is 5.32 Å². The van der Waals surface area contributed by atoms with Crippen molar-refractivity contribution < 1.29 is 18.4 Å². The summed E-state index contributed by atoms with van der Waals surface area (Å²) >= 11 is 0. The minimum Gasteiger partial charge on any atom is -0.358 e. The summed E-state index contributed by atoms with van der Waals surface area (Å²) in [5.74, 6) is -2.23. The summed E-state index contributed by atoms with van der Waals surface area (Å²) in [6.45, 7) is -0.0491. The lowest BCUT2D eigenvalue weighted by atomic mass is 10.0. The molecule has 3 heterocycles. The molecule has 0 aliphatic heterocycles. The predicted molar refractivity (Wildman–Crippen MR) is 96.2 cm³/mol. The van der Waals surface area contributed by atoms with Crippen LogP contribution in [-0.4, -0.2) is 39.7 Å². The van der Waals surface area contributed by atoms with Crippen LogP contribution in [0.5, 0.6) is 0 Å². The van der Waals surface area contributed by atoms with Gasteiger partial charge in [0.05, 0.1) is 0 Å². The second kappa shape index (κ2) is 8.03. The number of aldehydes is 1. The summed E-state index contributed by atoms with van der Waals surface area (Å²) in [6.07, 6.45) is 5.48. The fourth-order valence-electron chi connectivity index (χ4n) is 2.77. The minimum atomic E-state index is -2.85. The van der Waals surface area contributed by atoms with Crippen LogP contribution in [0.3, 0.4) is 0 Å². The topological polar surface area (TPSA) is 76.9 Å². The summed E-state index contributed by atoms with van der Waals surface area (Å²) in [5.41, 5.74) is 1.86. The Hall–Kier alpha value is -3.16. The molecule has 0 fully saturated rings. The molecule has 3 aromatic rings. The second-order valence-corrected chi connectivity index (χ2v) is 6.19. The Kier molecular flexibility index (Phi) is 5.54. The van der Waals surface area contributed by atoms with Crippen molar-refractivity contribution in [3.63, 3.8) is 0 Å². The van der Waals surface area contributed by atoms with E-state index < -0.39 is 5.92 Å². The first-order chi connectivity index (χ1) is 13.0. The average Bonchev–Trinajstić information content (AvgIpc) is 3.10. The molecule has 0 spiro atoms. The largest absolute Gasteiger partial charge is 0.358 e. The molecule has 0 aromatic carbocycles. The Labute approximate surface area is 154 Å². The predicted octanol–water partition coefficient (Wildman–Crippen LogP) is 2.94. The molecule has 0 atom stereocenters. The van der Waals surface area contributed by atoms with Crippen LogP contribution in [0.1, 0.15) is 28.8 Å². The molecular weight excluding hydrogens is 354 g/mol. The lowest BCUT2D eigenvalue weighted by molar-refractivity contribution is -0.109. The van der Waals surface area contributed by atoms with E-state index in [2.05, 4.69) is 15.3 Å². The van der Waals surface area contributed by atoms with Gasteiger partial charge in [0.15, 0.2) is 6.29 Å². The number of nitrogens with one attached hydrogen (secondary N) is 1. The van der Waals surface area contributed by atoms with Crippen LogP contribution in [0.2, 0.25) is 0 Å². The van der Waals surface area contributed by atoms with E-state index in [1.807, 2.05) is 12.1 Å². The van der Waals surface area contributed by atoms with Crippen LogP contribution in [0.4, 0.5) is 8.78 Å². The van der Waals surface area contributed by atoms with Gasteiger partial charge in [-0.15, -0.1) is 0 Å². The van der Waals surface area contributed by atoms with Crippen molar-refractivity contribution in [1.82, 2.24) is 19.9 Å². The van der Waals surface area contributed by atoms with Crippen LogP contribution in [0, 0.1) is 0 Å². The Morgan fingerprint density at radius 2 is 1.96 bits per heavy atom. The molecule has 3 rings (SSSR count). The number of halogens is 2. The summed E-state index contributed by atoms with van der Waals surface area (Å²) < 4.78 is 29.4. The molecule has 0 saturated carbocycles. The van der Waals surface area contributed by atoms with Gasteiger partial charge >= 0.3 is 0 Å². The smallest absolute Gasteiger partial charge is 0.250 e. The minimum absolute atomic E-state index is 0.0491. The SMILES string of the molecule is O=CNCCC(F)(F)CCc1cnc2c(ccn2-c2ccc(C=O)cn2)c1. The number of alkyl halides is 2. The van der Waals surface area contributed by atoms with E-state index >= 15 is 0 Å². The number of fused-ring (bicyclic) bond motifs is 1. The van der Waals surface area contributed by atoms with Gasteiger partial charge in [-0.25, -0.2) is 18.7 Å². The molecule has 0 unspecified atom stereocenters. The van der Waals surface area contributed by atoms with Crippen molar-refractivity contribution in [2.75, 3.05) is 6.54 Å². The van der Waals surface area contributed by atoms with Gasteiger partial charge in [0.2, 0.25) is 12.3 Å². The lowest BCUT2D eigenvalue weighted by Gasteiger charge is -2.15. The molecule has 140 valence electrons. The first kappa shape index (κ1) is 18.6. The van der Waals surface area contributed by atoms with E-state index in [-0.39, 0.29) is 25.8 Å². The van der Waals surface area contributed by atoms with Crippen molar-refractivity contribution in [2.45, 2.75) is 25.2 Å². The number of pyridine rings is 2. The van der Waals surface area contributed by atoms with Gasteiger partial charge in [-0.2, -0.15) is 0 Å². The highest BCUT2D eigenvalue weighted by Gasteiger charge is 2.27. The fraction of sp³-hybridized carbons (Fsp3) is 0.263. The number of carbonyl (C=O) groups is 2. The van der Waals surface area contributed by atoms with Gasteiger partial charge in [0.25, 0.3) is 0 Å². The quantitative estimate of drug-likeness (QED) is 0.463. The molecule has 8 heteroatoms. The van der Waals surface area contributed by atoms with Crippen molar-refractivity contribution in [1.29, 1.82) is 0 Å². The molecule has 27 heavy (non-hydrogen) atoms. The molecule has 1 N–H and O–H groups in total. The molecular formula is C19H18F2N4O2. The van der Waals surface area contributed by atoms with Crippen molar-refractivity contribution in [3.8, 4) is 5.82 Å². The zero-order valence-electron chi connectivity index (χ0n) is 14.4. The highest BCUT2D eigenvalue weighted by Crippen LogP contribution is 2.26. The van der Waals surface area contributed by atoms with Crippen LogP contribution in [-0.2, 0) is 11.2 Å². The number of rotatable bonds is 9. The highest BCUT2D eigenvalue weighted by atomic mass is 19.3. The van der Waals surface area contributed by atoms with Crippen LogP contribution in [0.15, 0.2) is 42.9 Å². The molecule has 0 aliphatic rings. The third-order valence-electron chi connectivity index (χ3n) is 4.23. The Balaban J connectivity index is 1.73. The van der Waals surface area contributed by atoms with E-state index in [1.54, 1.807) is 29.1 Å². The maximum atomic E-state index is 13.8. The molecule has 0 radical (unpaired) electrons. The van der Waals surface area contributed by atoms with Gasteiger partial charge in [-0.05, 0) is 36.2 Å². The van der Waals surface area contributed by atoms with E-state index in [1.165, 1.54) is 6.20 Å². The van der Waals surface area contributed by atoms with Crippen molar-refractivity contribution >= 4 is 23.7 Å². The zero-order chi connectivity index (χ0) is 19.3. The van der Waals surface area contributed by atoms with Gasteiger partial charge in [-0.3, -0.25) is 14.2 Å². The molecule has 0 bridgehead atoms. The fourth-order valence-corrected chi connectivity index (χ4v) is 2.77. The molecule has 0 saturated heterocycles. The number of amides is 1. The van der Waals surface area contributed by atoms with E-state index in [0.717, 1.165) is 11.7 Å². The second-order valence-electron chi connectivity index (χ2n) is 6.19. The normalized spacial score (nSPS) is 11.5. The Morgan fingerprint density at radius 3 is 2.67 bits per heavy atom. The maximum Gasteiger partial charge on any atom is 0.250 e. The summed E-state index contributed by atoms with van der Waals surface area (Å²) in [6, 6.07) is 7.05. The third kappa shape index (κ3) is 4.52. The first-order valence-electron chi connectivity index (χ1n) is 8.45. The number of hydrogen-bond donors (Lipinski definition) is 1. The van der Waals surface area contributed by atoms with Crippen LogP contribution >= 0.6 is 0 Å². The Bertz CT molecular complexity index is 939. The monoisotopic (exact) mass is 372 g/mol. The van der Waals surface area contributed by atoms with Crippen LogP contribution < -0.4 is 5.32 Å². The number of hydrogen-bond acceptors (Lipinski definition) is 4. The zero-order valence-corrected chi connectivity index (χ0v) is 14.4. The third-order valence-corrected chi connectivity index (χ3v) is 4.23. The van der Waals surface area contributed by atoms with Crippen LogP contribution in [0.25, 0.3) is 16.9 Å². The number of aryl methyl sites for hydroxylation is 1. The number of nitrogens with zero attached hydrogens (tertiary/aromatic N) is 3. The molecule has 1 amide bonds. The first-order valence-corrected chi connectivity index (χ1v) is 8.45. The van der Waals surface area contributed by atoms with E-state index in [0.29, 0.717) is 29.0 Å². The highest BCUT2D eigenvalue weighted by molar-refractivity contribution is 5.79. The van der Waals surface area contributed by atoms with E-state index in [9.17, 15) is 18.4 Å². The average molecular weight is 372 g/mol. The van der Waals surface area contributed by atoms with Crippen molar-refractivity contribution in [3.05, 3.63) is 54.0 Å². The Morgan fingerprint density at radius 1 is 1.11 bits per heavy atom. The number of carbonyl (C=O) groups excluding carboxylic acids is 2. The van der Waals surface area contributed by atoms with Crippen molar-refractivity contribution in [2.24, 2.45) is 0 Å². The summed E-state index contributed by atoms with van der Waals surface area (Å²) in [4.78, 5) is 29.5. The van der Waals surface area contributed by atoms with Gasteiger partial charge in [0, 0.05) is 48.9 Å². The van der Waals surface area contributed by atoms with Gasteiger partial charge in [0.1, 0.15) is 11.5 Å².